The maximum absolute atomic E-state index is 12.4. The highest BCUT2D eigenvalue weighted by Gasteiger charge is 2.25. The molecule has 0 aliphatic heterocycles. The van der Waals surface area contributed by atoms with Gasteiger partial charge >= 0.3 is 0 Å². The lowest BCUT2D eigenvalue weighted by molar-refractivity contribution is -0.123. The Morgan fingerprint density at radius 1 is 1.12 bits per heavy atom. The zero-order chi connectivity index (χ0) is 18.9. The highest BCUT2D eigenvalue weighted by molar-refractivity contribution is 5.95. The van der Waals surface area contributed by atoms with E-state index in [4.69, 9.17) is 4.42 Å². The van der Waals surface area contributed by atoms with Crippen LogP contribution < -0.4 is 15.5 Å². The van der Waals surface area contributed by atoms with Gasteiger partial charge in [-0.1, -0.05) is 32.0 Å². The molecule has 0 radical (unpaired) electrons. The molecule has 2 rings (SSSR count). The standard InChI is InChI=1S/C20H27N3O3/c1-15(2)18(22-19(24)17-11-7-14-26-17)20(25)21-12-8-13-23(3)16-9-5-4-6-10-16/h4-7,9-11,14-15,18H,8,12-13H2,1-3H3,(H,21,25)(H,22,24). The Morgan fingerprint density at radius 3 is 2.46 bits per heavy atom. The van der Waals surface area contributed by atoms with E-state index >= 15 is 0 Å². The van der Waals surface area contributed by atoms with E-state index in [2.05, 4.69) is 27.7 Å². The molecule has 0 aliphatic rings. The van der Waals surface area contributed by atoms with Crippen LogP contribution in [0.4, 0.5) is 5.69 Å². The topological polar surface area (TPSA) is 74.6 Å². The van der Waals surface area contributed by atoms with Crippen LogP contribution in [0.3, 0.4) is 0 Å². The Morgan fingerprint density at radius 2 is 1.85 bits per heavy atom. The molecule has 1 aromatic carbocycles. The molecule has 1 atom stereocenters. The van der Waals surface area contributed by atoms with Crippen LogP contribution in [0.15, 0.2) is 53.1 Å². The molecule has 6 heteroatoms. The minimum atomic E-state index is -0.598. The lowest BCUT2D eigenvalue weighted by Gasteiger charge is -2.22. The van der Waals surface area contributed by atoms with Crippen molar-refractivity contribution in [2.75, 3.05) is 25.0 Å². The van der Waals surface area contributed by atoms with Gasteiger partial charge in [-0.25, -0.2) is 0 Å². The molecular weight excluding hydrogens is 330 g/mol. The minimum absolute atomic E-state index is 0.0269. The molecule has 1 heterocycles. The van der Waals surface area contributed by atoms with Gasteiger partial charge in [0.15, 0.2) is 5.76 Å². The second-order valence-corrected chi connectivity index (χ2v) is 6.57. The summed E-state index contributed by atoms with van der Waals surface area (Å²) in [6, 6.07) is 12.7. The van der Waals surface area contributed by atoms with E-state index in [-0.39, 0.29) is 23.5 Å². The molecular formula is C20H27N3O3. The van der Waals surface area contributed by atoms with Crippen LogP contribution in [0.25, 0.3) is 0 Å². The fourth-order valence-electron chi connectivity index (χ4n) is 2.60. The minimum Gasteiger partial charge on any atom is -0.459 e. The smallest absolute Gasteiger partial charge is 0.287 e. The maximum atomic E-state index is 12.4. The molecule has 2 aromatic rings. The van der Waals surface area contributed by atoms with E-state index in [9.17, 15) is 9.59 Å². The van der Waals surface area contributed by atoms with Crippen molar-refractivity contribution < 1.29 is 14.0 Å². The molecule has 2 amide bonds. The number of rotatable bonds is 9. The first-order valence-corrected chi connectivity index (χ1v) is 8.87. The van der Waals surface area contributed by atoms with Crippen molar-refractivity contribution in [2.45, 2.75) is 26.3 Å². The Hall–Kier alpha value is -2.76. The van der Waals surface area contributed by atoms with Crippen LogP contribution in [0.1, 0.15) is 30.8 Å². The number of benzene rings is 1. The van der Waals surface area contributed by atoms with Crippen molar-refractivity contribution in [3.8, 4) is 0 Å². The van der Waals surface area contributed by atoms with Gasteiger partial charge in [-0.3, -0.25) is 9.59 Å². The van der Waals surface area contributed by atoms with Gasteiger partial charge in [0.25, 0.3) is 5.91 Å². The van der Waals surface area contributed by atoms with Crippen LogP contribution >= 0.6 is 0 Å². The first-order valence-electron chi connectivity index (χ1n) is 8.87. The van der Waals surface area contributed by atoms with Crippen molar-refractivity contribution in [1.82, 2.24) is 10.6 Å². The Kier molecular flexibility index (Phi) is 7.26. The fourth-order valence-corrected chi connectivity index (χ4v) is 2.60. The number of nitrogens with one attached hydrogen (secondary N) is 2. The predicted molar refractivity (Wildman–Crippen MR) is 102 cm³/mol. The number of carbonyl (C=O) groups excluding carboxylic acids is 2. The van der Waals surface area contributed by atoms with Gasteiger partial charge in [0.2, 0.25) is 5.91 Å². The normalized spacial score (nSPS) is 11.8. The Bertz CT molecular complexity index is 684. The molecule has 2 N–H and O–H groups in total. The van der Waals surface area contributed by atoms with Gasteiger partial charge in [-0.2, -0.15) is 0 Å². The number of furan rings is 1. The van der Waals surface area contributed by atoms with Crippen molar-refractivity contribution in [3.05, 3.63) is 54.5 Å². The summed E-state index contributed by atoms with van der Waals surface area (Å²) in [4.78, 5) is 26.7. The van der Waals surface area contributed by atoms with Gasteiger partial charge < -0.3 is 20.0 Å². The largest absolute Gasteiger partial charge is 0.459 e. The molecule has 0 spiro atoms. The summed E-state index contributed by atoms with van der Waals surface area (Å²) in [7, 11) is 2.03. The lowest BCUT2D eigenvalue weighted by Crippen LogP contribution is -2.50. The first-order chi connectivity index (χ1) is 12.5. The third-order valence-electron chi connectivity index (χ3n) is 4.15. The first kappa shape index (κ1) is 19.6. The second-order valence-electron chi connectivity index (χ2n) is 6.57. The quantitative estimate of drug-likeness (QED) is 0.677. The lowest BCUT2D eigenvalue weighted by atomic mass is 10.0. The molecule has 6 nitrogen and oxygen atoms in total. The molecule has 0 fully saturated rings. The van der Waals surface area contributed by atoms with E-state index in [1.807, 2.05) is 39.1 Å². The molecule has 0 saturated heterocycles. The Balaban J connectivity index is 1.77. The average Bonchev–Trinajstić information content (AvgIpc) is 3.18. The van der Waals surface area contributed by atoms with Gasteiger partial charge in [0.05, 0.1) is 6.26 Å². The molecule has 1 aromatic heterocycles. The van der Waals surface area contributed by atoms with Crippen LogP contribution in [-0.2, 0) is 4.79 Å². The third-order valence-corrected chi connectivity index (χ3v) is 4.15. The van der Waals surface area contributed by atoms with Gasteiger partial charge in [-0.05, 0) is 36.6 Å². The number of anilines is 1. The SMILES string of the molecule is CC(C)C(NC(=O)c1ccco1)C(=O)NCCCN(C)c1ccccc1. The van der Waals surface area contributed by atoms with Gasteiger partial charge in [0, 0.05) is 25.8 Å². The summed E-state index contributed by atoms with van der Waals surface area (Å²) in [6.45, 7) is 5.18. The van der Waals surface area contributed by atoms with E-state index in [0.29, 0.717) is 6.54 Å². The van der Waals surface area contributed by atoms with Gasteiger partial charge in [0.1, 0.15) is 6.04 Å². The number of para-hydroxylation sites is 1. The summed E-state index contributed by atoms with van der Waals surface area (Å²) in [5.41, 5.74) is 1.14. The zero-order valence-electron chi connectivity index (χ0n) is 15.6. The molecule has 0 bridgehead atoms. The number of amides is 2. The molecule has 1 unspecified atom stereocenters. The van der Waals surface area contributed by atoms with Crippen molar-refractivity contribution >= 4 is 17.5 Å². The summed E-state index contributed by atoms with van der Waals surface area (Å²) < 4.78 is 5.07. The summed E-state index contributed by atoms with van der Waals surface area (Å²) in [5.74, 6) is -0.385. The highest BCUT2D eigenvalue weighted by atomic mass is 16.3. The summed E-state index contributed by atoms with van der Waals surface area (Å²) in [6.07, 6.45) is 2.25. The molecule has 140 valence electrons. The van der Waals surface area contributed by atoms with Crippen LogP contribution in [0, 0.1) is 5.92 Å². The number of nitrogens with zero attached hydrogens (tertiary/aromatic N) is 1. The van der Waals surface area contributed by atoms with Crippen molar-refractivity contribution in [1.29, 1.82) is 0 Å². The van der Waals surface area contributed by atoms with E-state index < -0.39 is 6.04 Å². The maximum Gasteiger partial charge on any atom is 0.287 e. The van der Waals surface area contributed by atoms with E-state index in [0.717, 1.165) is 18.7 Å². The predicted octanol–water partition coefficient (Wildman–Crippen LogP) is 2.68. The van der Waals surface area contributed by atoms with Gasteiger partial charge in [-0.15, -0.1) is 0 Å². The van der Waals surface area contributed by atoms with Crippen molar-refractivity contribution in [3.63, 3.8) is 0 Å². The number of hydrogen-bond donors (Lipinski definition) is 2. The molecule has 0 aliphatic carbocycles. The highest BCUT2D eigenvalue weighted by Crippen LogP contribution is 2.11. The van der Waals surface area contributed by atoms with Crippen LogP contribution in [-0.4, -0.2) is 38.0 Å². The van der Waals surface area contributed by atoms with Crippen LogP contribution in [0.2, 0.25) is 0 Å². The van der Waals surface area contributed by atoms with E-state index in [1.165, 1.54) is 6.26 Å². The summed E-state index contributed by atoms with van der Waals surface area (Å²) >= 11 is 0. The Labute approximate surface area is 154 Å². The second kappa shape index (κ2) is 9.65. The third kappa shape index (κ3) is 5.65. The number of carbonyl (C=O) groups is 2. The van der Waals surface area contributed by atoms with E-state index in [1.54, 1.807) is 12.1 Å². The van der Waals surface area contributed by atoms with Crippen LogP contribution in [0.5, 0.6) is 0 Å². The average molecular weight is 357 g/mol. The summed E-state index contributed by atoms with van der Waals surface area (Å²) in [5, 5.41) is 5.65. The molecule has 26 heavy (non-hydrogen) atoms. The van der Waals surface area contributed by atoms with Crippen molar-refractivity contribution in [2.24, 2.45) is 5.92 Å². The molecule has 0 saturated carbocycles. The zero-order valence-corrected chi connectivity index (χ0v) is 15.6. The number of hydrogen-bond acceptors (Lipinski definition) is 4. The monoisotopic (exact) mass is 357 g/mol. The fraction of sp³-hybridized carbons (Fsp3) is 0.400.